The molecule has 10 heteroatoms. The van der Waals surface area contributed by atoms with Gasteiger partial charge in [0.2, 0.25) is 5.91 Å². The molecule has 3 rings (SSSR count). The molecule has 0 saturated heterocycles. The number of carbonyl (C=O) groups is 2. The van der Waals surface area contributed by atoms with E-state index in [-0.39, 0.29) is 24.1 Å². The molecular weight excluding hydrogens is 379 g/mol. The van der Waals surface area contributed by atoms with Gasteiger partial charge in [-0.2, -0.15) is 18.3 Å². The minimum Gasteiger partial charge on any atom is -0.478 e. The van der Waals surface area contributed by atoms with E-state index in [0.29, 0.717) is 10.9 Å². The van der Waals surface area contributed by atoms with E-state index in [4.69, 9.17) is 9.84 Å². The summed E-state index contributed by atoms with van der Waals surface area (Å²) < 4.78 is 46.0. The predicted octanol–water partition coefficient (Wildman–Crippen LogP) is 3.49. The van der Waals surface area contributed by atoms with E-state index in [9.17, 15) is 22.8 Å². The molecule has 0 bridgehead atoms. The van der Waals surface area contributed by atoms with Crippen LogP contribution in [0.1, 0.15) is 41.7 Å². The number of carboxylic acids is 1. The number of nitrogens with one attached hydrogen (secondary N) is 1. The molecular formula is C18H18F3N3O4. The zero-order valence-electron chi connectivity index (χ0n) is 14.7. The van der Waals surface area contributed by atoms with Crippen molar-refractivity contribution < 1.29 is 32.6 Å². The summed E-state index contributed by atoms with van der Waals surface area (Å²) in [5.74, 6) is -2.15. The highest BCUT2D eigenvalue weighted by atomic mass is 19.4. The average Bonchev–Trinajstić information content (AvgIpc) is 3.29. The normalized spacial score (nSPS) is 15.0. The van der Waals surface area contributed by atoms with E-state index in [2.05, 4.69) is 10.4 Å². The Morgan fingerprint density at radius 3 is 2.64 bits per heavy atom. The molecule has 150 valence electrons. The highest BCUT2D eigenvalue weighted by Gasteiger charge is 2.40. The lowest BCUT2D eigenvalue weighted by molar-refractivity contribution is -0.143. The molecule has 1 saturated carbocycles. The average molecular weight is 397 g/mol. The van der Waals surface area contributed by atoms with Gasteiger partial charge in [-0.1, -0.05) is 18.9 Å². The molecule has 28 heavy (non-hydrogen) atoms. The Morgan fingerprint density at radius 1 is 1.29 bits per heavy atom. The molecule has 1 heterocycles. The van der Waals surface area contributed by atoms with Crippen LogP contribution in [0.25, 0.3) is 5.69 Å². The highest BCUT2D eigenvalue weighted by Crippen LogP contribution is 2.34. The number of aromatic nitrogens is 2. The Labute approximate surface area is 158 Å². The summed E-state index contributed by atoms with van der Waals surface area (Å²) in [5, 5.41) is 15.1. The van der Waals surface area contributed by atoms with Gasteiger partial charge in [0.05, 0.1) is 18.0 Å². The van der Waals surface area contributed by atoms with Gasteiger partial charge >= 0.3 is 12.1 Å². The number of hydrogen-bond donors (Lipinski definition) is 2. The number of halogens is 3. The van der Waals surface area contributed by atoms with Crippen LogP contribution >= 0.6 is 0 Å². The largest absolute Gasteiger partial charge is 0.478 e. The monoisotopic (exact) mass is 397 g/mol. The smallest absolute Gasteiger partial charge is 0.434 e. The van der Waals surface area contributed by atoms with E-state index in [1.165, 1.54) is 24.3 Å². The highest BCUT2D eigenvalue weighted by molar-refractivity contribution is 5.92. The number of benzene rings is 1. The van der Waals surface area contributed by atoms with Gasteiger partial charge in [-0.15, -0.1) is 0 Å². The zero-order valence-corrected chi connectivity index (χ0v) is 14.7. The second-order valence-corrected chi connectivity index (χ2v) is 6.44. The number of aromatic carboxylic acids is 1. The van der Waals surface area contributed by atoms with Gasteiger partial charge in [0.1, 0.15) is 12.2 Å². The fraction of sp³-hybridized carbons (Fsp3) is 0.389. The SMILES string of the molecule is O=C(COC1CCCC1)Nc1cccc(-n2ncc(C(=O)O)c2C(F)(F)F)c1. The maximum absolute atomic E-state index is 13.3. The minimum atomic E-state index is -4.92. The van der Waals surface area contributed by atoms with E-state index in [1.807, 2.05) is 0 Å². The summed E-state index contributed by atoms with van der Waals surface area (Å²) in [6, 6.07) is 5.55. The fourth-order valence-electron chi connectivity index (χ4n) is 3.13. The van der Waals surface area contributed by atoms with Crippen molar-refractivity contribution >= 4 is 17.6 Å². The number of carbonyl (C=O) groups excluding carboxylic acids is 1. The van der Waals surface area contributed by atoms with Crippen molar-refractivity contribution in [3.63, 3.8) is 0 Å². The van der Waals surface area contributed by atoms with Gasteiger partial charge in [0.25, 0.3) is 0 Å². The van der Waals surface area contributed by atoms with Crippen LogP contribution in [0.3, 0.4) is 0 Å². The zero-order chi connectivity index (χ0) is 20.3. The fourth-order valence-corrected chi connectivity index (χ4v) is 3.13. The first-order chi connectivity index (χ1) is 13.3. The molecule has 2 N–H and O–H groups in total. The Kier molecular flexibility index (Phi) is 5.68. The number of alkyl halides is 3. The van der Waals surface area contributed by atoms with Gasteiger partial charge in [-0.3, -0.25) is 4.79 Å². The van der Waals surface area contributed by atoms with Crippen molar-refractivity contribution in [2.24, 2.45) is 0 Å². The molecule has 0 aliphatic heterocycles. The molecule has 1 aliphatic rings. The number of rotatable bonds is 6. The first-order valence-corrected chi connectivity index (χ1v) is 8.66. The van der Waals surface area contributed by atoms with Gasteiger partial charge < -0.3 is 15.2 Å². The molecule has 0 spiro atoms. The summed E-state index contributed by atoms with van der Waals surface area (Å²) in [6.07, 6.45) is -0.256. The summed E-state index contributed by atoms with van der Waals surface area (Å²) in [7, 11) is 0. The molecule has 7 nitrogen and oxygen atoms in total. The molecule has 1 aliphatic carbocycles. The van der Waals surface area contributed by atoms with Crippen LogP contribution < -0.4 is 5.32 Å². The van der Waals surface area contributed by atoms with Crippen molar-refractivity contribution in [1.82, 2.24) is 9.78 Å². The van der Waals surface area contributed by atoms with Gasteiger partial charge in [0, 0.05) is 5.69 Å². The van der Waals surface area contributed by atoms with E-state index in [1.54, 1.807) is 0 Å². The first-order valence-electron chi connectivity index (χ1n) is 8.66. The summed E-state index contributed by atoms with van der Waals surface area (Å²) in [6.45, 7) is -0.145. The second kappa shape index (κ2) is 8.01. The Morgan fingerprint density at radius 2 is 2.00 bits per heavy atom. The number of anilines is 1. The van der Waals surface area contributed by atoms with Crippen LogP contribution in [0, 0.1) is 0 Å². The Bertz CT molecular complexity index is 873. The maximum Gasteiger partial charge on any atom is 0.434 e. The lowest BCUT2D eigenvalue weighted by Crippen LogP contribution is -2.22. The molecule has 1 aromatic heterocycles. The molecule has 1 aromatic carbocycles. The van der Waals surface area contributed by atoms with Crippen molar-refractivity contribution in [3.05, 3.63) is 41.7 Å². The number of hydrogen-bond acceptors (Lipinski definition) is 4. The van der Waals surface area contributed by atoms with Crippen molar-refractivity contribution in [1.29, 1.82) is 0 Å². The van der Waals surface area contributed by atoms with E-state index < -0.39 is 29.3 Å². The van der Waals surface area contributed by atoms with Crippen LogP contribution in [0.15, 0.2) is 30.5 Å². The van der Waals surface area contributed by atoms with Gasteiger partial charge in [0.15, 0.2) is 5.69 Å². The lowest BCUT2D eigenvalue weighted by atomic mass is 10.2. The van der Waals surface area contributed by atoms with E-state index >= 15 is 0 Å². The van der Waals surface area contributed by atoms with Gasteiger partial charge in [-0.25, -0.2) is 9.48 Å². The molecule has 1 amide bonds. The summed E-state index contributed by atoms with van der Waals surface area (Å²) in [4.78, 5) is 23.1. The molecule has 0 radical (unpaired) electrons. The number of amides is 1. The number of ether oxygens (including phenoxy) is 1. The summed E-state index contributed by atoms with van der Waals surface area (Å²) in [5.41, 5.74) is -2.13. The van der Waals surface area contributed by atoms with Gasteiger partial charge in [-0.05, 0) is 31.0 Å². The molecule has 2 aromatic rings. The molecule has 1 fully saturated rings. The second-order valence-electron chi connectivity index (χ2n) is 6.44. The molecule has 0 unspecified atom stereocenters. The Balaban J connectivity index is 1.78. The maximum atomic E-state index is 13.3. The molecule has 0 atom stereocenters. The minimum absolute atomic E-state index is 0.0330. The van der Waals surface area contributed by atoms with Crippen LogP contribution in [0.4, 0.5) is 18.9 Å². The number of nitrogens with zero attached hydrogens (tertiary/aromatic N) is 2. The third-order valence-corrected chi connectivity index (χ3v) is 4.39. The van der Waals surface area contributed by atoms with Crippen LogP contribution in [-0.4, -0.2) is 39.5 Å². The van der Waals surface area contributed by atoms with Crippen LogP contribution in [0.5, 0.6) is 0 Å². The Hall–Kier alpha value is -2.88. The topological polar surface area (TPSA) is 93.5 Å². The number of carboxylic acid groups (broad SMARTS) is 1. The summed E-state index contributed by atoms with van der Waals surface area (Å²) >= 11 is 0. The quantitative estimate of drug-likeness (QED) is 0.778. The van der Waals surface area contributed by atoms with Crippen molar-refractivity contribution in [2.75, 3.05) is 11.9 Å². The van der Waals surface area contributed by atoms with Crippen molar-refractivity contribution in [3.8, 4) is 5.69 Å². The first kappa shape index (κ1) is 19.9. The third kappa shape index (κ3) is 4.50. The predicted molar refractivity (Wildman–Crippen MR) is 92.4 cm³/mol. The van der Waals surface area contributed by atoms with Crippen LogP contribution in [0.2, 0.25) is 0 Å². The van der Waals surface area contributed by atoms with Crippen LogP contribution in [-0.2, 0) is 15.7 Å². The van der Waals surface area contributed by atoms with E-state index in [0.717, 1.165) is 25.7 Å². The third-order valence-electron chi connectivity index (χ3n) is 4.39. The lowest BCUT2D eigenvalue weighted by Gasteiger charge is -2.13. The van der Waals surface area contributed by atoms with Crippen molar-refractivity contribution in [2.45, 2.75) is 38.0 Å². The standard InChI is InChI=1S/C18H18F3N3O4/c19-18(20,21)16-14(17(26)27)9-22-24(16)12-5-3-4-11(8-12)23-15(25)10-28-13-6-1-2-7-13/h3-5,8-9,13H,1-2,6-7,10H2,(H,23,25)(H,26,27).